The van der Waals surface area contributed by atoms with Crippen LogP contribution in [0.1, 0.15) is 44.9 Å². The first-order valence-corrected chi connectivity index (χ1v) is 8.90. The van der Waals surface area contributed by atoms with Gasteiger partial charge >= 0.3 is 0 Å². The molecule has 0 N–H and O–H groups in total. The zero-order chi connectivity index (χ0) is 14.8. The molecule has 114 valence electrons. The van der Waals surface area contributed by atoms with E-state index in [-0.39, 0.29) is 11.7 Å². The van der Waals surface area contributed by atoms with Gasteiger partial charge in [-0.25, -0.2) is 0 Å². The molecule has 0 aromatic rings. The smallest absolute Gasteiger partial charge is 0.222 e. The molecule has 1 aliphatic rings. The highest BCUT2D eigenvalue weighted by molar-refractivity contribution is 7.85. The molecule has 0 aromatic heterocycles. The number of carbonyl (C=O) groups excluding carboxylic acids is 2. The highest BCUT2D eigenvalue weighted by atomic mass is 32.2. The molecule has 0 bridgehead atoms. The third-order valence-electron chi connectivity index (χ3n) is 3.57. The van der Waals surface area contributed by atoms with Crippen molar-refractivity contribution in [1.29, 1.82) is 0 Å². The summed E-state index contributed by atoms with van der Waals surface area (Å²) >= 11 is 0. The number of rotatable bonds is 9. The van der Waals surface area contributed by atoms with E-state index in [1.807, 2.05) is 4.90 Å². The van der Waals surface area contributed by atoms with Crippen molar-refractivity contribution in [3.63, 3.8) is 0 Å². The first-order valence-electron chi connectivity index (χ1n) is 7.41. The number of amides is 1. The molecule has 0 radical (unpaired) electrons. The monoisotopic (exact) mass is 299 g/mol. The van der Waals surface area contributed by atoms with E-state index >= 15 is 0 Å². The highest BCUT2D eigenvalue weighted by Gasteiger charge is 2.19. The third-order valence-corrected chi connectivity index (χ3v) is 4.85. The lowest BCUT2D eigenvalue weighted by Gasteiger charge is -2.26. The van der Waals surface area contributed by atoms with Gasteiger partial charge in [0.05, 0.1) is 0 Å². The Labute approximate surface area is 124 Å². The first-order chi connectivity index (χ1) is 9.63. The Kier molecular flexibility index (Phi) is 8.42. The molecule has 1 heterocycles. The fraction of sp³-hybridized carbons (Fsp3) is 0.733. The fourth-order valence-electron chi connectivity index (χ4n) is 2.25. The lowest BCUT2D eigenvalue weighted by molar-refractivity contribution is -0.131. The Balaban J connectivity index is 1.98. The van der Waals surface area contributed by atoms with Gasteiger partial charge in [-0.3, -0.25) is 13.8 Å². The van der Waals surface area contributed by atoms with Crippen LogP contribution >= 0.6 is 0 Å². The van der Waals surface area contributed by atoms with Gasteiger partial charge in [0, 0.05) is 48.2 Å². The SMILES string of the molecule is C=CC(=O)CCCCCCCC(=O)N1CCS(=O)CC1. The summed E-state index contributed by atoms with van der Waals surface area (Å²) in [7, 11) is -0.722. The number of nitrogens with zero attached hydrogens (tertiary/aromatic N) is 1. The van der Waals surface area contributed by atoms with Gasteiger partial charge in [-0.05, 0) is 18.9 Å². The molecule has 4 nitrogen and oxygen atoms in total. The van der Waals surface area contributed by atoms with Gasteiger partial charge in [0.25, 0.3) is 0 Å². The molecule has 0 saturated carbocycles. The second-order valence-corrected chi connectivity index (χ2v) is 6.86. The lowest BCUT2D eigenvalue weighted by Crippen LogP contribution is -2.41. The van der Waals surface area contributed by atoms with Gasteiger partial charge in [0.15, 0.2) is 5.78 Å². The second-order valence-electron chi connectivity index (χ2n) is 5.17. The summed E-state index contributed by atoms with van der Waals surface area (Å²) in [5.74, 6) is 1.57. The number of hydrogen-bond acceptors (Lipinski definition) is 3. The summed E-state index contributed by atoms with van der Waals surface area (Å²) in [6.45, 7) is 4.74. The number of ketones is 1. The van der Waals surface area contributed by atoms with Crippen LogP contribution in [0.4, 0.5) is 0 Å². The maximum atomic E-state index is 11.9. The minimum Gasteiger partial charge on any atom is -0.341 e. The Morgan fingerprint density at radius 1 is 1.00 bits per heavy atom. The number of allylic oxidation sites excluding steroid dienone is 1. The zero-order valence-electron chi connectivity index (χ0n) is 12.1. The normalized spacial score (nSPS) is 16.1. The molecule has 1 aliphatic heterocycles. The molecule has 0 aromatic carbocycles. The molecular weight excluding hydrogens is 274 g/mol. The van der Waals surface area contributed by atoms with E-state index in [1.165, 1.54) is 6.08 Å². The maximum Gasteiger partial charge on any atom is 0.222 e. The van der Waals surface area contributed by atoms with Crippen LogP contribution in [-0.2, 0) is 20.4 Å². The Bertz CT molecular complexity index is 358. The standard InChI is InChI=1S/C15H25NO3S/c1-2-14(17)8-6-4-3-5-7-9-15(18)16-10-12-20(19)13-11-16/h2H,1,3-13H2. The summed E-state index contributed by atoms with van der Waals surface area (Å²) in [5.41, 5.74) is 0. The van der Waals surface area contributed by atoms with E-state index in [0.717, 1.165) is 32.1 Å². The molecule has 5 heteroatoms. The van der Waals surface area contributed by atoms with E-state index < -0.39 is 10.8 Å². The van der Waals surface area contributed by atoms with Crippen LogP contribution in [-0.4, -0.2) is 45.4 Å². The summed E-state index contributed by atoms with van der Waals surface area (Å²) in [5, 5.41) is 0. The lowest BCUT2D eigenvalue weighted by atomic mass is 10.1. The van der Waals surface area contributed by atoms with E-state index in [4.69, 9.17) is 0 Å². The Morgan fingerprint density at radius 3 is 2.15 bits per heavy atom. The van der Waals surface area contributed by atoms with Gasteiger partial charge in [-0.15, -0.1) is 0 Å². The molecule has 0 unspecified atom stereocenters. The summed E-state index contributed by atoms with van der Waals surface area (Å²) < 4.78 is 11.2. The van der Waals surface area contributed by atoms with Crippen LogP contribution in [0, 0.1) is 0 Å². The van der Waals surface area contributed by atoms with Crippen LogP contribution in [0.2, 0.25) is 0 Å². The van der Waals surface area contributed by atoms with Gasteiger partial charge in [-0.2, -0.15) is 0 Å². The molecule has 0 atom stereocenters. The number of unbranched alkanes of at least 4 members (excludes halogenated alkanes) is 4. The third kappa shape index (κ3) is 6.98. The molecule has 1 saturated heterocycles. The van der Waals surface area contributed by atoms with Crippen molar-refractivity contribution >= 4 is 22.5 Å². The highest BCUT2D eigenvalue weighted by Crippen LogP contribution is 2.10. The first kappa shape index (κ1) is 17.1. The predicted molar refractivity (Wildman–Crippen MR) is 82.0 cm³/mol. The molecule has 20 heavy (non-hydrogen) atoms. The van der Waals surface area contributed by atoms with E-state index in [0.29, 0.717) is 37.4 Å². The van der Waals surface area contributed by atoms with E-state index in [9.17, 15) is 13.8 Å². The Morgan fingerprint density at radius 2 is 1.55 bits per heavy atom. The number of hydrogen-bond donors (Lipinski definition) is 0. The van der Waals surface area contributed by atoms with Crippen molar-refractivity contribution in [3.05, 3.63) is 12.7 Å². The zero-order valence-corrected chi connectivity index (χ0v) is 13.0. The second kappa shape index (κ2) is 9.86. The Hall–Kier alpha value is -0.970. The van der Waals surface area contributed by atoms with Crippen LogP contribution in [0.5, 0.6) is 0 Å². The van der Waals surface area contributed by atoms with Crippen molar-refractivity contribution in [1.82, 2.24) is 4.90 Å². The quantitative estimate of drug-likeness (QED) is 0.484. The van der Waals surface area contributed by atoms with Crippen LogP contribution in [0.25, 0.3) is 0 Å². The topological polar surface area (TPSA) is 54.5 Å². The predicted octanol–water partition coefficient (Wildman–Crippen LogP) is 2.06. The van der Waals surface area contributed by atoms with Crippen molar-refractivity contribution < 1.29 is 13.8 Å². The fourth-order valence-corrected chi connectivity index (χ4v) is 3.31. The molecule has 0 spiro atoms. The van der Waals surface area contributed by atoms with Gasteiger partial charge in [0.2, 0.25) is 5.91 Å². The van der Waals surface area contributed by atoms with Crippen LogP contribution in [0.3, 0.4) is 0 Å². The van der Waals surface area contributed by atoms with Crippen molar-refractivity contribution in [2.75, 3.05) is 24.6 Å². The van der Waals surface area contributed by atoms with Crippen LogP contribution < -0.4 is 0 Å². The summed E-state index contributed by atoms with van der Waals surface area (Å²) in [4.78, 5) is 24.7. The number of carbonyl (C=O) groups is 2. The average Bonchev–Trinajstić information content (AvgIpc) is 2.46. The van der Waals surface area contributed by atoms with E-state index in [1.54, 1.807) is 0 Å². The molecule has 1 rings (SSSR count). The minimum absolute atomic E-state index is 0.114. The minimum atomic E-state index is -0.722. The van der Waals surface area contributed by atoms with Crippen LogP contribution in [0.15, 0.2) is 12.7 Å². The van der Waals surface area contributed by atoms with Gasteiger partial charge in [0.1, 0.15) is 0 Å². The molecular formula is C15H25NO3S. The molecule has 1 amide bonds. The van der Waals surface area contributed by atoms with Gasteiger partial charge < -0.3 is 4.90 Å². The maximum absolute atomic E-state index is 11.9. The largest absolute Gasteiger partial charge is 0.341 e. The van der Waals surface area contributed by atoms with Crippen molar-refractivity contribution in [2.45, 2.75) is 44.9 Å². The molecule has 1 fully saturated rings. The van der Waals surface area contributed by atoms with E-state index in [2.05, 4.69) is 6.58 Å². The van der Waals surface area contributed by atoms with Crippen molar-refractivity contribution in [2.24, 2.45) is 0 Å². The summed E-state index contributed by atoms with van der Waals surface area (Å²) in [6.07, 6.45) is 7.53. The molecule has 0 aliphatic carbocycles. The van der Waals surface area contributed by atoms with Crippen molar-refractivity contribution in [3.8, 4) is 0 Å². The average molecular weight is 299 g/mol. The summed E-state index contributed by atoms with van der Waals surface area (Å²) in [6, 6.07) is 0. The van der Waals surface area contributed by atoms with Gasteiger partial charge in [-0.1, -0.05) is 25.8 Å².